The second kappa shape index (κ2) is 24.3. The number of fused-ring (bicyclic) bond motifs is 1. The van der Waals surface area contributed by atoms with E-state index in [-0.39, 0.29) is 39.1 Å². The van der Waals surface area contributed by atoms with Crippen LogP contribution in [0.1, 0.15) is 69.5 Å². The fourth-order valence-electron chi connectivity index (χ4n) is 7.63. The molecule has 0 radical (unpaired) electrons. The summed E-state index contributed by atoms with van der Waals surface area (Å²) in [7, 11) is -12.5. The Kier molecular flexibility index (Phi) is 19.2. The van der Waals surface area contributed by atoms with Crippen LogP contribution in [0.4, 0.5) is 16.2 Å². The van der Waals surface area contributed by atoms with Crippen LogP contribution in [0.25, 0.3) is 21.9 Å². The van der Waals surface area contributed by atoms with E-state index in [2.05, 4.69) is 20.3 Å². The van der Waals surface area contributed by atoms with Crippen LogP contribution >= 0.6 is 11.6 Å². The minimum atomic E-state index is -4.47. The van der Waals surface area contributed by atoms with E-state index in [1.54, 1.807) is 18.2 Å². The lowest BCUT2D eigenvalue weighted by molar-refractivity contribution is 0.0584. The summed E-state index contributed by atoms with van der Waals surface area (Å²) in [6.07, 6.45) is 9.26. The normalized spacial score (nSPS) is 14.2. The van der Waals surface area contributed by atoms with Gasteiger partial charge in [-0.1, -0.05) is 98.3 Å². The molecule has 67 heavy (non-hydrogen) atoms. The van der Waals surface area contributed by atoms with E-state index in [0.717, 1.165) is 87.8 Å². The number of halogens is 1. The molecule has 1 aliphatic heterocycles. The van der Waals surface area contributed by atoms with Crippen molar-refractivity contribution in [1.82, 2.24) is 10.2 Å². The summed E-state index contributed by atoms with van der Waals surface area (Å²) in [5.74, 6) is -0.185. The Hall–Kier alpha value is -5.03. The molecule has 6 rings (SSSR count). The number of anilines is 2. The van der Waals surface area contributed by atoms with Crippen molar-refractivity contribution < 1.29 is 59.2 Å². The van der Waals surface area contributed by atoms with Crippen LogP contribution in [0.2, 0.25) is 5.02 Å². The molecular formula is C46H57ClN4O13S3. The highest BCUT2D eigenvalue weighted by Crippen LogP contribution is 2.34. The SMILES string of the molecule is CS(=O)(=O)Nc1cc([C@@H](O)CNCCCCCCCCCN2CCC(OC(=O)Nc3ccccc3-c3ccc(O)c(Cl)c3)CC2)ccc1O.O=S(=O)(O)c1cccc2c(S(=O)(=O)O)cccc12. The summed E-state index contributed by atoms with van der Waals surface area (Å²) in [5, 5.41) is 36.5. The molecule has 1 aliphatic rings. The van der Waals surface area contributed by atoms with E-state index in [1.807, 2.05) is 24.3 Å². The van der Waals surface area contributed by atoms with Crippen LogP contribution in [0, 0.1) is 0 Å². The zero-order valence-corrected chi connectivity index (χ0v) is 40.0. The lowest BCUT2D eigenvalue weighted by Gasteiger charge is -2.31. The number of nitrogens with zero attached hydrogens (tertiary/aromatic N) is 1. The second-order valence-corrected chi connectivity index (χ2v) is 21.1. The number of aliphatic hydroxyl groups is 1. The van der Waals surface area contributed by atoms with Crippen molar-refractivity contribution in [3.05, 3.63) is 108 Å². The molecule has 1 saturated heterocycles. The summed E-state index contributed by atoms with van der Waals surface area (Å²) in [6, 6.07) is 24.3. The first-order valence-corrected chi connectivity index (χ1v) is 26.8. The molecule has 0 aliphatic carbocycles. The van der Waals surface area contributed by atoms with Crippen molar-refractivity contribution in [1.29, 1.82) is 0 Å². The third-order valence-electron chi connectivity index (χ3n) is 11.0. The number of sulfonamides is 1. The minimum absolute atomic E-state index is 0.00721. The number of carbonyl (C=O) groups is 1. The number of benzene rings is 5. The van der Waals surface area contributed by atoms with Crippen LogP contribution in [-0.2, 0) is 35.0 Å². The monoisotopic (exact) mass is 1000 g/mol. The molecular weight excluding hydrogens is 948 g/mol. The Morgan fingerprint density at radius 2 is 1.31 bits per heavy atom. The molecule has 1 heterocycles. The van der Waals surface area contributed by atoms with Crippen molar-refractivity contribution in [3.8, 4) is 22.6 Å². The predicted octanol–water partition coefficient (Wildman–Crippen LogP) is 8.19. The first-order chi connectivity index (χ1) is 31.7. The average molecular weight is 1010 g/mol. The van der Waals surface area contributed by atoms with Crippen LogP contribution in [0.15, 0.2) is 107 Å². The smallest absolute Gasteiger partial charge is 0.411 e. The van der Waals surface area contributed by atoms with Crippen molar-refractivity contribution >= 4 is 70.1 Å². The first-order valence-electron chi connectivity index (χ1n) is 21.6. The van der Waals surface area contributed by atoms with Crippen molar-refractivity contribution in [2.45, 2.75) is 79.8 Å². The van der Waals surface area contributed by atoms with Gasteiger partial charge in [0.15, 0.2) is 0 Å². The summed E-state index contributed by atoms with van der Waals surface area (Å²) in [6.45, 7) is 4.00. The van der Waals surface area contributed by atoms with Gasteiger partial charge in [0.1, 0.15) is 27.4 Å². The van der Waals surface area contributed by atoms with Gasteiger partial charge in [-0.15, -0.1) is 0 Å². The van der Waals surface area contributed by atoms with Gasteiger partial charge in [-0.3, -0.25) is 19.1 Å². The van der Waals surface area contributed by atoms with Gasteiger partial charge in [0, 0.05) is 36.0 Å². The second-order valence-electron chi connectivity index (χ2n) is 16.2. The van der Waals surface area contributed by atoms with E-state index in [1.165, 1.54) is 68.1 Å². The number of aliphatic hydroxyl groups excluding tert-OH is 1. The lowest BCUT2D eigenvalue weighted by atomic mass is 10.0. The summed E-state index contributed by atoms with van der Waals surface area (Å²) >= 11 is 6.09. The highest BCUT2D eigenvalue weighted by atomic mass is 35.5. The maximum absolute atomic E-state index is 12.7. The highest BCUT2D eigenvalue weighted by Gasteiger charge is 2.23. The molecule has 364 valence electrons. The van der Waals surface area contributed by atoms with Crippen molar-refractivity contribution in [3.63, 3.8) is 0 Å². The molecule has 5 aromatic rings. The quantitative estimate of drug-likeness (QED) is 0.0207. The van der Waals surface area contributed by atoms with Gasteiger partial charge in [-0.05, 0) is 92.4 Å². The third-order valence-corrected chi connectivity index (χ3v) is 13.7. The van der Waals surface area contributed by atoms with Crippen LogP contribution in [-0.4, -0.2) is 106 Å². The van der Waals surface area contributed by atoms with Gasteiger partial charge in [-0.25, -0.2) is 13.2 Å². The number of phenols is 2. The van der Waals surface area contributed by atoms with E-state index < -0.39 is 52.2 Å². The third kappa shape index (κ3) is 16.6. The number of phenolic OH excluding ortho intramolecular Hbond substituents is 2. The van der Waals surface area contributed by atoms with Gasteiger partial charge in [0.05, 0.1) is 28.8 Å². The molecule has 1 amide bonds. The zero-order valence-electron chi connectivity index (χ0n) is 36.8. The number of likely N-dealkylation sites (tertiary alicyclic amines) is 1. The topological polar surface area (TPSA) is 269 Å². The Morgan fingerprint density at radius 1 is 0.731 bits per heavy atom. The number of amides is 1. The van der Waals surface area contributed by atoms with Gasteiger partial charge >= 0.3 is 6.09 Å². The largest absolute Gasteiger partial charge is 0.506 e. The predicted molar refractivity (Wildman–Crippen MR) is 258 cm³/mol. The number of nitrogens with one attached hydrogen (secondary N) is 3. The molecule has 0 bridgehead atoms. The fraction of sp³-hybridized carbons (Fsp3) is 0.370. The molecule has 0 saturated carbocycles. The lowest BCUT2D eigenvalue weighted by Crippen LogP contribution is -2.38. The molecule has 5 aromatic carbocycles. The Morgan fingerprint density at radius 3 is 1.91 bits per heavy atom. The molecule has 0 unspecified atom stereocenters. The van der Waals surface area contributed by atoms with Crippen LogP contribution in [0.5, 0.6) is 11.5 Å². The number of piperidine rings is 1. The molecule has 0 spiro atoms. The van der Waals surface area contributed by atoms with Gasteiger partial charge in [0.25, 0.3) is 20.2 Å². The maximum atomic E-state index is 12.7. The van der Waals surface area contributed by atoms with Crippen LogP contribution < -0.4 is 15.4 Å². The Balaban J connectivity index is 0.000000388. The molecule has 8 N–H and O–H groups in total. The number of ether oxygens (including phenoxy) is 1. The highest BCUT2D eigenvalue weighted by molar-refractivity contribution is 7.92. The number of carbonyl (C=O) groups excluding carboxylic acids is 1. The first kappa shape index (κ1) is 52.9. The molecule has 0 aromatic heterocycles. The van der Waals surface area contributed by atoms with E-state index in [0.29, 0.717) is 17.8 Å². The summed E-state index contributed by atoms with van der Waals surface area (Å²) < 4.78 is 93.6. The zero-order chi connectivity index (χ0) is 48.8. The number of unbranched alkanes of at least 4 members (excludes halogenated alkanes) is 6. The number of rotatable bonds is 20. The van der Waals surface area contributed by atoms with E-state index >= 15 is 0 Å². The van der Waals surface area contributed by atoms with E-state index in [4.69, 9.17) is 25.4 Å². The minimum Gasteiger partial charge on any atom is -0.506 e. The summed E-state index contributed by atoms with van der Waals surface area (Å²) in [4.78, 5) is 14.3. The molecule has 1 fully saturated rings. The Labute approximate surface area is 396 Å². The Bertz CT molecular complexity index is 2740. The number of para-hydroxylation sites is 1. The van der Waals surface area contributed by atoms with Gasteiger partial charge in [-0.2, -0.15) is 16.8 Å². The van der Waals surface area contributed by atoms with Gasteiger partial charge in [0.2, 0.25) is 10.0 Å². The average Bonchev–Trinajstić information content (AvgIpc) is 3.26. The van der Waals surface area contributed by atoms with Gasteiger partial charge < -0.3 is 30.3 Å². The summed E-state index contributed by atoms with van der Waals surface area (Å²) in [5.41, 5.74) is 2.76. The number of hydrogen-bond acceptors (Lipinski definition) is 13. The standard InChI is InChI=1S/C36H49ClN4O7S.C10H8O6S2/c1-49(46,47)40-32-24-27(14-16-34(32)43)35(44)25-38-19-9-5-3-2-4-6-10-20-41-21-17-28(18-22-41)48-36(45)39-31-12-8-7-11-29(31)26-13-15-33(42)30(37)23-26;11-17(12,13)9-5-1-3-7-8(9)4-2-6-10(7)18(14,15)16/h7-8,11-16,23-24,28,35,38,40,42-44H,2-6,9-10,17-22,25H2,1H3,(H,39,45);1-6H,(H,11,12,13)(H,14,15,16)/t35-;/m0./s1. The number of aromatic hydroxyl groups is 2. The van der Waals surface area contributed by atoms with E-state index in [9.17, 15) is 45.4 Å². The molecule has 17 nitrogen and oxygen atoms in total. The molecule has 21 heteroatoms. The molecule has 1 atom stereocenters. The maximum Gasteiger partial charge on any atom is 0.411 e. The van der Waals surface area contributed by atoms with Crippen LogP contribution in [0.3, 0.4) is 0 Å². The van der Waals surface area contributed by atoms with Crippen molar-refractivity contribution in [2.75, 3.05) is 49.0 Å². The fourth-order valence-corrected chi connectivity index (χ4v) is 9.79. The van der Waals surface area contributed by atoms with Crippen molar-refractivity contribution in [2.24, 2.45) is 0 Å². The number of hydrogen-bond donors (Lipinski definition) is 8.